The van der Waals surface area contributed by atoms with Gasteiger partial charge in [-0.1, -0.05) is 31.9 Å². The van der Waals surface area contributed by atoms with E-state index >= 15 is 0 Å². The van der Waals surface area contributed by atoms with Gasteiger partial charge in [-0.3, -0.25) is 0 Å². The van der Waals surface area contributed by atoms with E-state index in [1.54, 1.807) is 0 Å². The van der Waals surface area contributed by atoms with E-state index in [-0.39, 0.29) is 16.8 Å². The van der Waals surface area contributed by atoms with E-state index in [1.165, 1.54) is 5.57 Å². The van der Waals surface area contributed by atoms with Gasteiger partial charge in [0.15, 0.2) is 0 Å². The molecule has 0 bridgehead atoms. The molecule has 1 unspecified atom stereocenters. The zero-order valence-electron chi connectivity index (χ0n) is 8.05. The quantitative estimate of drug-likeness (QED) is 0.470. The van der Waals surface area contributed by atoms with Gasteiger partial charge in [-0.2, -0.15) is 0 Å². The Bertz CT molecular complexity index is 155. The van der Waals surface area contributed by atoms with Gasteiger partial charge in [0.05, 0.1) is 0 Å². The highest BCUT2D eigenvalue weighted by molar-refractivity contribution is 8.76. The van der Waals surface area contributed by atoms with Crippen LogP contribution in [0.2, 0.25) is 0 Å². The molecule has 0 heterocycles. The van der Waals surface area contributed by atoms with Gasteiger partial charge in [-0.05, 0) is 31.6 Å². The summed E-state index contributed by atoms with van der Waals surface area (Å²) in [6, 6.07) is 0. The molecule has 0 nitrogen and oxygen atoms in total. The molecule has 0 rings (SSSR count). The van der Waals surface area contributed by atoms with Gasteiger partial charge in [0.1, 0.15) is 0 Å². The number of hydrogen-bond donors (Lipinski definition) is 0. The Balaban J connectivity index is 3.97. The lowest BCUT2D eigenvalue weighted by molar-refractivity contribution is 1.58. The maximum Gasteiger partial charge on any atom is -0.000325 e. The Morgan fingerprint density at radius 2 is 1.91 bits per heavy atom. The molecule has 1 atom stereocenters. The van der Waals surface area contributed by atoms with Gasteiger partial charge in [0.2, 0.25) is 0 Å². The van der Waals surface area contributed by atoms with Crippen molar-refractivity contribution < 1.29 is 0 Å². The zero-order chi connectivity index (χ0) is 9.07. The third kappa shape index (κ3) is 4.66. The Labute approximate surface area is 73.6 Å². The predicted octanol–water partition coefficient (Wildman–Crippen LogP) is 3.45. The number of hydrogen-bond acceptors (Lipinski definition) is 0. The summed E-state index contributed by atoms with van der Waals surface area (Å²) in [5.41, 5.74) is 1.20. The highest BCUT2D eigenvalue weighted by atomic mass is 32.8. The van der Waals surface area contributed by atoms with Crippen LogP contribution in [0, 0.1) is 0 Å². The molecule has 0 aliphatic rings. The van der Waals surface area contributed by atoms with Crippen LogP contribution in [0.5, 0.6) is 0 Å². The first-order valence-corrected chi connectivity index (χ1v) is 9.01. The fourth-order valence-corrected chi connectivity index (χ4v) is 3.29. The molecule has 0 N–H and O–H groups in total. The molecule has 0 aliphatic heterocycles. The van der Waals surface area contributed by atoms with Crippen LogP contribution in [0.15, 0.2) is 24.8 Å². The van der Waals surface area contributed by atoms with Crippen molar-refractivity contribution in [2.24, 2.45) is 0 Å². The smallest absolute Gasteiger partial charge is 0.000325 e. The molecule has 0 spiro atoms. The molecule has 0 aliphatic carbocycles. The topological polar surface area (TPSA) is 0 Å². The molecular weight excluding hydrogens is 171 g/mol. The lowest BCUT2D eigenvalue weighted by Gasteiger charge is -2.33. The molecule has 11 heavy (non-hydrogen) atoms. The second-order valence-corrected chi connectivity index (χ2v) is 13.7. The zero-order valence-corrected chi connectivity index (χ0v) is 9.77. The molecule has 66 valence electrons. The average molecular weight is 190 g/mol. The lowest BCUT2D eigenvalue weighted by Crippen LogP contribution is -1.93. The summed E-state index contributed by atoms with van der Waals surface area (Å²) >= 11 is 0. The van der Waals surface area contributed by atoms with E-state index in [9.17, 15) is 0 Å². The van der Waals surface area contributed by atoms with E-state index in [1.807, 2.05) is 6.08 Å². The lowest BCUT2D eigenvalue weighted by atomic mass is 10.4. The van der Waals surface area contributed by atoms with Crippen LogP contribution >= 0.6 is 16.8 Å². The highest BCUT2D eigenvalue weighted by Crippen LogP contribution is 2.67. The Morgan fingerprint density at radius 1 is 1.45 bits per heavy atom. The van der Waals surface area contributed by atoms with Crippen molar-refractivity contribution in [1.29, 1.82) is 0 Å². The van der Waals surface area contributed by atoms with E-state index in [4.69, 9.17) is 0 Å². The fraction of sp³-hybridized carbons (Fsp3) is 0.556. The molecule has 0 amide bonds. The molecule has 0 saturated carbocycles. The van der Waals surface area contributed by atoms with Crippen LogP contribution < -0.4 is 0 Å². The first-order valence-electron chi connectivity index (χ1n) is 3.57. The van der Waals surface area contributed by atoms with Crippen molar-refractivity contribution >= 4 is 16.8 Å². The second kappa shape index (κ2) is 4.33. The van der Waals surface area contributed by atoms with E-state index in [0.717, 1.165) is 6.16 Å². The molecule has 0 aromatic rings. The Hall–Kier alpha value is 0.260. The van der Waals surface area contributed by atoms with Crippen molar-refractivity contribution in [1.82, 2.24) is 0 Å². The van der Waals surface area contributed by atoms with E-state index in [2.05, 4.69) is 38.6 Å². The molecule has 0 fully saturated rings. The normalized spacial score (nSPS) is 15.6. The maximum atomic E-state index is 3.94. The fourth-order valence-electron chi connectivity index (χ4n) is 0.544. The number of rotatable bonds is 4. The molecule has 0 aromatic heterocycles. The second-order valence-electron chi connectivity index (χ2n) is 3.42. The summed E-state index contributed by atoms with van der Waals surface area (Å²) in [6.07, 6.45) is 10.2. The third-order valence-electron chi connectivity index (χ3n) is 1.65. The van der Waals surface area contributed by atoms with Crippen molar-refractivity contribution in [2.45, 2.75) is 0 Å². The van der Waals surface area contributed by atoms with Gasteiger partial charge in [0.25, 0.3) is 0 Å². The van der Waals surface area contributed by atoms with E-state index < -0.39 is 0 Å². The van der Waals surface area contributed by atoms with Crippen LogP contribution in [-0.4, -0.2) is 31.6 Å². The highest BCUT2D eigenvalue weighted by Gasteiger charge is 2.13. The minimum atomic E-state index is -0.352. The monoisotopic (exact) mass is 190 g/mol. The Kier molecular flexibility index (Phi) is 4.43. The molecule has 0 aromatic carbocycles. The third-order valence-corrected chi connectivity index (χ3v) is 10.4. The van der Waals surface area contributed by atoms with Gasteiger partial charge in [-0.15, -0.1) is 0 Å². The summed E-state index contributed by atoms with van der Waals surface area (Å²) in [5.74, 6) is 0. The van der Waals surface area contributed by atoms with Crippen LogP contribution in [0.3, 0.4) is 0 Å². The van der Waals surface area contributed by atoms with Crippen molar-refractivity contribution in [3.05, 3.63) is 24.8 Å². The van der Waals surface area contributed by atoms with E-state index in [0.29, 0.717) is 0 Å². The molecule has 0 saturated heterocycles. The summed E-state index contributed by atoms with van der Waals surface area (Å²) in [7, 11) is -0.206. The van der Waals surface area contributed by atoms with Crippen LogP contribution in [0.4, 0.5) is 0 Å². The predicted molar refractivity (Wildman–Crippen MR) is 62.4 cm³/mol. The first-order chi connectivity index (χ1) is 4.88. The SMILES string of the molecule is C=CC(=C)CP(C)S(C)(C)C. The van der Waals surface area contributed by atoms with Gasteiger partial charge >= 0.3 is 0 Å². The largest absolute Gasteiger partial charge is 0.229 e. The first kappa shape index (κ1) is 11.3. The summed E-state index contributed by atoms with van der Waals surface area (Å²) in [5, 5.41) is 0. The number of allylic oxidation sites excluding steroid dienone is 2. The van der Waals surface area contributed by atoms with Crippen LogP contribution in [0.1, 0.15) is 0 Å². The standard InChI is InChI=1S/C9H19PS/c1-7-9(2)8-10(3)11(4,5)6/h7H,1-2,8H2,3-6H3. The van der Waals surface area contributed by atoms with Crippen molar-refractivity contribution in [3.63, 3.8) is 0 Å². The van der Waals surface area contributed by atoms with Gasteiger partial charge < -0.3 is 0 Å². The summed E-state index contributed by atoms with van der Waals surface area (Å²) < 4.78 is 0. The minimum Gasteiger partial charge on any atom is -0.229 e. The molecule has 2 heteroatoms. The summed E-state index contributed by atoms with van der Waals surface area (Å²) in [6.45, 7) is 10.0. The van der Waals surface area contributed by atoms with Crippen LogP contribution in [-0.2, 0) is 0 Å². The van der Waals surface area contributed by atoms with Crippen molar-refractivity contribution in [3.8, 4) is 0 Å². The van der Waals surface area contributed by atoms with Crippen LogP contribution in [0.25, 0.3) is 0 Å². The van der Waals surface area contributed by atoms with Crippen molar-refractivity contribution in [2.75, 3.05) is 31.6 Å². The van der Waals surface area contributed by atoms with Gasteiger partial charge in [0, 0.05) is 0 Å². The molecule has 0 radical (unpaired) electrons. The molecular formula is C9H19PS. The maximum absolute atomic E-state index is 3.94. The summed E-state index contributed by atoms with van der Waals surface area (Å²) in [4.78, 5) is 0. The minimum absolute atomic E-state index is 0.146. The van der Waals surface area contributed by atoms with Gasteiger partial charge in [-0.25, -0.2) is 9.65 Å². The Morgan fingerprint density at radius 3 is 2.18 bits per heavy atom. The average Bonchev–Trinajstić information content (AvgIpc) is 1.85.